The van der Waals surface area contributed by atoms with Crippen molar-refractivity contribution in [3.8, 4) is 0 Å². The van der Waals surface area contributed by atoms with E-state index in [2.05, 4.69) is 17.6 Å². The summed E-state index contributed by atoms with van der Waals surface area (Å²) in [6.07, 6.45) is 2.22. The van der Waals surface area contributed by atoms with Gasteiger partial charge in [0.25, 0.3) is 0 Å². The van der Waals surface area contributed by atoms with Crippen LogP contribution in [0.25, 0.3) is 0 Å². The number of nitrogens with one attached hydrogen (secondary N) is 2. The number of anilines is 1. The Labute approximate surface area is 109 Å². The minimum absolute atomic E-state index is 0.0359. The summed E-state index contributed by atoms with van der Waals surface area (Å²) in [5.41, 5.74) is 0.843. The molecule has 0 fully saturated rings. The maximum atomic E-state index is 10.5. The lowest BCUT2D eigenvalue weighted by Crippen LogP contribution is -2.20. The minimum atomic E-state index is -0.0359. The Morgan fingerprint density at radius 2 is 1.67 bits per heavy atom. The van der Waals surface area contributed by atoms with Gasteiger partial charge in [0.05, 0.1) is 0 Å². The molecule has 0 unspecified atom stereocenters. The summed E-state index contributed by atoms with van der Waals surface area (Å²) in [6.45, 7) is 5.95. The van der Waals surface area contributed by atoms with Gasteiger partial charge in [-0.2, -0.15) is 0 Å². The average molecular weight is 250 g/mol. The molecule has 0 spiro atoms. The van der Waals surface area contributed by atoms with Gasteiger partial charge >= 0.3 is 0 Å². The first kappa shape index (κ1) is 16.2. The Kier molecular flexibility index (Phi) is 9.27. The van der Waals surface area contributed by atoms with E-state index in [1.807, 2.05) is 30.3 Å². The standard InChI is InChI=1S/C8H9NO.C6H13NO/c1-7(10)9-8-5-3-2-4-6-8;1-3-4-5-7-6(2)8/h2-6H,1H3,(H,9,10);3-5H2,1-2H3,(H,7,8). The number of carbonyl (C=O) groups excluding carboxylic acids is 2. The van der Waals surface area contributed by atoms with Crippen LogP contribution in [0.2, 0.25) is 0 Å². The number of hydrogen-bond donors (Lipinski definition) is 2. The molecule has 0 aromatic heterocycles. The second-order valence-corrected chi connectivity index (χ2v) is 3.88. The van der Waals surface area contributed by atoms with Crippen LogP contribution in [0.4, 0.5) is 5.69 Å². The van der Waals surface area contributed by atoms with Crippen molar-refractivity contribution in [3.05, 3.63) is 30.3 Å². The molecule has 2 N–H and O–H groups in total. The zero-order chi connectivity index (χ0) is 13.8. The highest BCUT2D eigenvalue weighted by Gasteiger charge is 1.90. The first-order valence-electron chi connectivity index (χ1n) is 6.13. The second kappa shape index (κ2) is 10.3. The molecule has 4 nitrogen and oxygen atoms in total. The molecule has 0 radical (unpaired) electrons. The summed E-state index contributed by atoms with van der Waals surface area (Å²) >= 11 is 0. The Bertz CT molecular complexity index is 350. The maximum absolute atomic E-state index is 10.5. The highest BCUT2D eigenvalue weighted by Crippen LogP contribution is 2.03. The zero-order valence-electron chi connectivity index (χ0n) is 11.3. The predicted octanol–water partition coefficient (Wildman–Crippen LogP) is 2.57. The summed E-state index contributed by atoms with van der Waals surface area (Å²) in [5, 5.41) is 5.37. The first-order valence-corrected chi connectivity index (χ1v) is 6.13. The lowest BCUT2D eigenvalue weighted by molar-refractivity contribution is -0.119. The van der Waals surface area contributed by atoms with Crippen LogP contribution in [-0.2, 0) is 9.59 Å². The van der Waals surface area contributed by atoms with Crippen molar-refractivity contribution in [3.63, 3.8) is 0 Å². The normalized spacial score (nSPS) is 8.83. The number of para-hydroxylation sites is 1. The van der Waals surface area contributed by atoms with Crippen LogP contribution in [0.15, 0.2) is 30.3 Å². The molecule has 1 rings (SSSR count). The fourth-order valence-corrected chi connectivity index (χ4v) is 1.17. The molecular weight excluding hydrogens is 228 g/mol. The van der Waals surface area contributed by atoms with Gasteiger partial charge in [0, 0.05) is 26.1 Å². The number of hydrogen-bond acceptors (Lipinski definition) is 2. The quantitative estimate of drug-likeness (QED) is 0.807. The first-order chi connectivity index (χ1) is 8.56. The van der Waals surface area contributed by atoms with E-state index in [1.54, 1.807) is 0 Å². The molecule has 18 heavy (non-hydrogen) atoms. The Balaban J connectivity index is 0.000000331. The minimum Gasteiger partial charge on any atom is -0.356 e. The largest absolute Gasteiger partial charge is 0.356 e. The van der Waals surface area contributed by atoms with Crippen LogP contribution in [0.1, 0.15) is 33.6 Å². The van der Waals surface area contributed by atoms with Gasteiger partial charge in [0.1, 0.15) is 0 Å². The molecule has 0 aliphatic carbocycles. The molecule has 4 heteroatoms. The molecule has 1 aromatic rings. The smallest absolute Gasteiger partial charge is 0.221 e. The lowest BCUT2D eigenvalue weighted by atomic mass is 10.3. The molecule has 0 aliphatic rings. The molecule has 100 valence electrons. The zero-order valence-corrected chi connectivity index (χ0v) is 11.3. The third-order valence-corrected chi connectivity index (χ3v) is 2.00. The monoisotopic (exact) mass is 250 g/mol. The van der Waals surface area contributed by atoms with Crippen molar-refractivity contribution in [2.45, 2.75) is 33.6 Å². The summed E-state index contributed by atoms with van der Waals surface area (Å²) in [4.78, 5) is 20.7. The topological polar surface area (TPSA) is 58.2 Å². The number of carbonyl (C=O) groups is 2. The van der Waals surface area contributed by atoms with E-state index in [1.165, 1.54) is 13.8 Å². The fraction of sp³-hybridized carbons (Fsp3) is 0.429. The van der Waals surface area contributed by atoms with E-state index in [0.29, 0.717) is 0 Å². The van der Waals surface area contributed by atoms with Crippen molar-refractivity contribution < 1.29 is 9.59 Å². The van der Waals surface area contributed by atoms with Crippen LogP contribution >= 0.6 is 0 Å². The van der Waals surface area contributed by atoms with E-state index in [4.69, 9.17) is 0 Å². The Morgan fingerprint density at radius 1 is 1.06 bits per heavy atom. The highest BCUT2D eigenvalue weighted by molar-refractivity contribution is 5.88. The van der Waals surface area contributed by atoms with Crippen molar-refractivity contribution in [2.75, 3.05) is 11.9 Å². The van der Waals surface area contributed by atoms with E-state index < -0.39 is 0 Å². The second-order valence-electron chi connectivity index (χ2n) is 3.88. The Hall–Kier alpha value is -1.84. The van der Waals surface area contributed by atoms with Crippen molar-refractivity contribution in [1.82, 2.24) is 5.32 Å². The van der Waals surface area contributed by atoms with Gasteiger partial charge < -0.3 is 10.6 Å². The molecule has 0 bridgehead atoms. The molecular formula is C14H22N2O2. The van der Waals surface area contributed by atoms with E-state index in [-0.39, 0.29) is 11.8 Å². The summed E-state index contributed by atoms with van der Waals surface area (Å²) in [5.74, 6) is 0.0321. The van der Waals surface area contributed by atoms with E-state index in [9.17, 15) is 9.59 Å². The number of unbranched alkanes of at least 4 members (excludes halogenated alkanes) is 1. The summed E-state index contributed by atoms with van der Waals surface area (Å²) < 4.78 is 0. The fourth-order valence-electron chi connectivity index (χ4n) is 1.17. The van der Waals surface area contributed by atoms with Gasteiger partial charge in [0.2, 0.25) is 11.8 Å². The third kappa shape index (κ3) is 10.7. The molecule has 0 atom stereocenters. The van der Waals surface area contributed by atoms with E-state index >= 15 is 0 Å². The van der Waals surface area contributed by atoms with Gasteiger partial charge in [-0.25, -0.2) is 0 Å². The van der Waals surface area contributed by atoms with Crippen molar-refractivity contribution in [2.24, 2.45) is 0 Å². The average Bonchev–Trinajstić information content (AvgIpc) is 2.30. The van der Waals surface area contributed by atoms with Gasteiger partial charge in [-0.05, 0) is 18.6 Å². The maximum Gasteiger partial charge on any atom is 0.221 e. The van der Waals surface area contributed by atoms with E-state index in [0.717, 1.165) is 25.1 Å². The van der Waals surface area contributed by atoms with Crippen molar-refractivity contribution >= 4 is 17.5 Å². The summed E-state index contributed by atoms with van der Waals surface area (Å²) in [6, 6.07) is 9.37. The number of amides is 2. The van der Waals surface area contributed by atoms with Crippen LogP contribution < -0.4 is 10.6 Å². The SMILES string of the molecule is CC(=O)Nc1ccccc1.CCCCNC(C)=O. The van der Waals surface area contributed by atoms with Gasteiger partial charge in [-0.3, -0.25) is 9.59 Å². The van der Waals surface area contributed by atoms with Crippen LogP contribution in [0, 0.1) is 0 Å². The van der Waals surface area contributed by atoms with Gasteiger partial charge in [-0.15, -0.1) is 0 Å². The third-order valence-electron chi connectivity index (χ3n) is 2.00. The number of benzene rings is 1. The molecule has 0 aliphatic heterocycles. The van der Waals surface area contributed by atoms with Crippen LogP contribution in [0.5, 0.6) is 0 Å². The van der Waals surface area contributed by atoms with Crippen molar-refractivity contribution in [1.29, 1.82) is 0 Å². The lowest BCUT2D eigenvalue weighted by Gasteiger charge is -1.98. The predicted molar refractivity (Wildman–Crippen MR) is 74.3 cm³/mol. The summed E-state index contributed by atoms with van der Waals surface area (Å²) in [7, 11) is 0. The molecule has 0 saturated heterocycles. The van der Waals surface area contributed by atoms with Crippen LogP contribution in [-0.4, -0.2) is 18.4 Å². The highest BCUT2D eigenvalue weighted by atomic mass is 16.2. The molecule has 2 amide bonds. The molecule has 1 aromatic carbocycles. The number of rotatable bonds is 4. The van der Waals surface area contributed by atoms with Gasteiger partial charge in [-0.1, -0.05) is 31.5 Å². The molecule has 0 heterocycles. The molecule has 0 saturated carbocycles. The Morgan fingerprint density at radius 3 is 2.11 bits per heavy atom. The van der Waals surface area contributed by atoms with Crippen LogP contribution in [0.3, 0.4) is 0 Å². The van der Waals surface area contributed by atoms with Gasteiger partial charge in [0.15, 0.2) is 0 Å².